The Balaban J connectivity index is 1.88. The van der Waals surface area contributed by atoms with Gasteiger partial charge in [0.1, 0.15) is 0 Å². The third kappa shape index (κ3) is 2.70. The van der Waals surface area contributed by atoms with Crippen molar-refractivity contribution in [2.45, 2.75) is 0 Å². The highest BCUT2D eigenvalue weighted by Gasteiger charge is 2.33. The van der Waals surface area contributed by atoms with Gasteiger partial charge >= 0.3 is 0 Å². The molecule has 0 unspecified atom stereocenters. The van der Waals surface area contributed by atoms with Gasteiger partial charge in [0.15, 0.2) is 5.88 Å². The minimum absolute atomic E-state index is 0.170. The van der Waals surface area contributed by atoms with E-state index < -0.39 is 5.91 Å². The fraction of sp³-hybridized carbons (Fsp3) is 0. The number of hydrogen-bond acceptors (Lipinski definition) is 2. The second-order valence-electron chi connectivity index (χ2n) is 5.62. The van der Waals surface area contributed by atoms with Gasteiger partial charge in [-0.3, -0.25) is 4.79 Å². The zero-order chi connectivity index (χ0) is 18.6. The number of amides is 1. The van der Waals surface area contributed by atoms with Crippen LogP contribution >= 0.6 is 46.4 Å². The highest BCUT2D eigenvalue weighted by molar-refractivity contribution is 6.43. The first-order chi connectivity index (χ1) is 12.4. The Bertz CT molecular complexity index is 1120. The molecule has 0 bridgehead atoms. The Morgan fingerprint density at radius 1 is 0.808 bits per heavy atom. The van der Waals surface area contributed by atoms with Gasteiger partial charge < -0.3 is 10.1 Å². The van der Waals surface area contributed by atoms with Gasteiger partial charge in [-0.1, -0.05) is 58.5 Å². The van der Waals surface area contributed by atoms with Gasteiger partial charge in [0.2, 0.25) is 0 Å². The lowest BCUT2D eigenvalue weighted by molar-refractivity contribution is 0.101. The van der Waals surface area contributed by atoms with Gasteiger partial charge in [-0.2, -0.15) is 0 Å². The number of aromatic amines is 1. The second kappa shape index (κ2) is 6.32. The van der Waals surface area contributed by atoms with Gasteiger partial charge in [-0.05, 0) is 24.3 Å². The first-order valence-electron chi connectivity index (χ1n) is 7.36. The molecular weight excluding hydrogens is 418 g/mol. The number of nitrogens with one attached hydrogen (secondary N) is 1. The summed E-state index contributed by atoms with van der Waals surface area (Å²) in [6.45, 7) is 0. The van der Waals surface area contributed by atoms with Crippen LogP contribution in [0.5, 0.6) is 5.88 Å². The van der Waals surface area contributed by atoms with Crippen LogP contribution in [0.25, 0.3) is 11.3 Å². The third-order valence-corrected chi connectivity index (χ3v) is 5.52. The molecule has 0 spiro atoms. The average Bonchev–Trinajstić information content (AvgIpc) is 3.12. The van der Waals surface area contributed by atoms with E-state index in [4.69, 9.17) is 46.4 Å². The van der Waals surface area contributed by atoms with Gasteiger partial charge in [0.25, 0.3) is 5.91 Å². The molecule has 0 saturated heterocycles. The lowest BCUT2D eigenvalue weighted by Crippen LogP contribution is -1.99. The van der Waals surface area contributed by atoms with E-state index in [1.165, 1.54) is 0 Å². The van der Waals surface area contributed by atoms with E-state index in [-0.39, 0.29) is 11.4 Å². The maximum Gasteiger partial charge on any atom is 0.280 e. The Kier molecular flexibility index (Phi) is 4.24. The van der Waals surface area contributed by atoms with Crippen molar-refractivity contribution in [3.8, 4) is 17.1 Å². The van der Waals surface area contributed by atoms with Gasteiger partial charge in [-0.15, -0.1) is 0 Å². The minimum Gasteiger partial charge on any atom is -0.494 e. The average molecular weight is 426 g/mol. The van der Waals surface area contributed by atoms with Crippen molar-refractivity contribution in [3.63, 3.8) is 0 Å². The molecule has 2 heterocycles. The molecule has 3 aromatic rings. The Morgan fingerprint density at radius 3 is 2.00 bits per heavy atom. The standard InChI is InChI=1S/C18H8Cl4N2O2/c19-9-3-1-7(5-11(9)21)15-13-14(18(26)23-15)16(24-17(13)25)8-2-4-10(20)12(22)6-8/h1-6,23,26H. The Hall–Kier alpha value is -1.98. The first kappa shape index (κ1) is 17.4. The van der Waals surface area contributed by atoms with Crippen LogP contribution < -0.4 is 0 Å². The molecule has 2 N–H and O–H groups in total. The molecule has 4 rings (SSSR count). The van der Waals surface area contributed by atoms with Crippen molar-refractivity contribution in [2.75, 3.05) is 0 Å². The van der Waals surface area contributed by atoms with Crippen LogP contribution in [0.3, 0.4) is 0 Å². The van der Waals surface area contributed by atoms with Gasteiger partial charge in [0.05, 0.1) is 42.6 Å². The number of carbonyl (C=O) groups is 1. The normalized spacial score (nSPS) is 13.1. The van der Waals surface area contributed by atoms with Crippen LogP contribution in [0.1, 0.15) is 21.5 Å². The molecule has 1 aliphatic rings. The lowest BCUT2D eigenvalue weighted by Gasteiger charge is -2.03. The molecule has 130 valence electrons. The molecule has 1 aromatic heterocycles. The molecule has 4 nitrogen and oxygen atoms in total. The number of hydrogen-bond donors (Lipinski definition) is 2. The predicted octanol–water partition coefficient (Wildman–Crippen LogP) is 5.99. The molecule has 0 saturated carbocycles. The maximum atomic E-state index is 12.5. The number of halogens is 4. The Labute approximate surface area is 168 Å². The number of nitrogens with zero attached hydrogens (tertiary/aromatic N) is 1. The molecule has 1 aliphatic heterocycles. The number of aliphatic imine (C=N–C) groups is 1. The second-order valence-corrected chi connectivity index (χ2v) is 7.25. The van der Waals surface area contributed by atoms with E-state index in [0.717, 1.165) is 0 Å². The number of fused-ring (bicyclic) bond motifs is 1. The number of aromatic hydroxyl groups is 1. The quantitative estimate of drug-likeness (QED) is 0.529. The Morgan fingerprint density at radius 2 is 1.38 bits per heavy atom. The number of rotatable bonds is 2. The fourth-order valence-corrected chi connectivity index (χ4v) is 3.46. The van der Waals surface area contributed by atoms with Crippen molar-refractivity contribution < 1.29 is 9.90 Å². The maximum absolute atomic E-state index is 12.5. The van der Waals surface area contributed by atoms with Gasteiger partial charge in [0, 0.05) is 11.1 Å². The van der Waals surface area contributed by atoms with E-state index in [1.54, 1.807) is 36.4 Å². The summed E-state index contributed by atoms with van der Waals surface area (Å²) in [5.41, 5.74) is 2.50. The summed E-state index contributed by atoms with van der Waals surface area (Å²) in [4.78, 5) is 19.4. The summed E-state index contributed by atoms with van der Waals surface area (Å²) in [5.74, 6) is -0.643. The smallest absolute Gasteiger partial charge is 0.280 e. The van der Waals surface area contributed by atoms with Crippen LogP contribution in [-0.2, 0) is 0 Å². The zero-order valence-corrected chi connectivity index (χ0v) is 15.8. The molecule has 1 amide bonds. The molecular formula is C18H8Cl4N2O2. The van der Waals surface area contributed by atoms with Crippen molar-refractivity contribution in [3.05, 3.63) is 73.2 Å². The molecule has 2 aromatic carbocycles. The number of benzene rings is 2. The van der Waals surface area contributed by atoms with E-state index in [1.807, 2.05) is 0 Å². The summed E-state index contributed by atoms with van der Waals surface area (Å²) in [6.07, 6.45) is 0. The molecule has 0 radical (unpaired) electrons. The monoisotopic (exact) mass is 424 g/mol. The topological polar surface area (TPSA) is 65.4 Å². The molecule has 0 fully saturated rings. The van der Waals surface area contributed by atoms with Crippen LogP contribution in [-0.4, -0.2) is 21.7 Å². The van der Waals surface area contributed by atoms with Crippen molar-refractivity contribution >= 4 is 58.0 Å². The fourth-order valence-electron chi connectivity index (χ4n) is 2.87. The van der Waals surface area contributed by atoms with Crippen LogP contribution in [0.4, 0.5) is 0 Å². The van der Waals surface area contributed by atoms with Crippen molar-refractivity contribution in [2.24, 2.45) is 4.99 Å². The summed E-state index contributed by atoms with van der Waals surface area (Å²) in [7, 11) is 0. The van der Waals surface area contributed by atoms with E-state index in [2.05, 4.69) is 9.98 Å². The first-order valence-corrected chi connectivity index (χ1v) is 8.87. The van der Waals surface area contributed by atoms with Crippen molar-refractivity contribution in [1.82, 2.24) is 4.98 Å². The van der Waals surface area contributed by atoms with Crippen LogP contribution in [0.2, 0.25) is 20.1 Å². The lowest BCUT2D eigenvalue weighted by atomic mass is 10.0. The van der Waals surface area contributed by atoms with Crippen LogP contribution in [0, 0.1) is 0 Å². The summed E-state index contributed by atoms with van der Waals surface area (Å²) in [5, 5.41) is 11.8. The van der Waals surface area contributed by atoms with E-state index in [9.17, 15) is 9.90 Å². The SMILES string of the molecule is O=C1N=C(c2ccc(Cl)c(Cl)c2)c2c(O)[nH]c(-c3ccc(Cl)c(Cl)c3)c21. The highest BCUT2D eigenvalue weighted by atomic mass is 35.5. The predicted molar refractivity (Wildman–Crippen MR) is 104 cm³/mol. The molecule has 26 heavy (non-hydrogen) atoms. The summed E-state index contributed by atoms with van der Waals surface area (Å²) < 4.78 is 0. The minimum atomic E-state index is -0.473. The largest absolute Gasteiger partial charge is 0.494 e. The van der Waals surface area contributed by atoms with E-state index >= 15 is 0 Å². The number of carbonyl (C=O) groups excluding carboxylic acids is 1. The zero-order valence-electron chi connectivity index (χ0n) is 12.8. The number of H-pyrrole nitrogens is 1. The summed E-state index contributed by atoms with van der Waals surface area (Å²) in [6, 6.07) is 9.80. The molecule has 0 aliphatic carbocycles. The van der Waals surface area contributed by atoms with Crippen molar-refractivity contribution in [1.29, 1.82) is 0 Å². The highest BCUT2D eigenvalue weighted by Crippen LogP contribution is 2.39. The third-order valence-electron chi connectivity index (χ3n) is 4.05. The van der Waals surface area contributed by atoms with Gasteiger partial charge in [-0.25, -0.2) is 4.99 Å². The summed E-state index contributed by atoms with van der Waals surface area (Å²) >= 11 is 24.0. The molecule has 0 atom stereocenters. The number of aromatic nitrogens is 1. The van der Waals surface area contributed by atoms with Crippen LogP contribution in [0.15, 0.2) is 41.4 Å². The molecule has 8 heteroatoms. The van der Waals surface area contributed by atoms with E-state index in [0.29, 0.717) is 48.2 Å².